The lowest BCUT2D eigenvalue weighted by Gasteiger charge is -2.44. The predicted octanol–water partition coefficient (Wildman–Crippen LogP) is 3.84. The van der Waals surface area contributed by atoms with Gasteiger partial charge in [0.2, 0.25) is 0 Å². The summed E-state index contributed by atoms with van der Waals surface area (Å²) in [5.74, 6) is 0.548. The van der Waals surface area contributed by atoms with Crippen molar-refractivity contribution in [3.05, 3.63) is 23.8 Å². The molecule has 2 aliphatic rings. The van der Waals surface area contributed by atoms with E-state index in [-0.39, 0.29) is 11.5 Å². The molecule has 3 unspecified atom stereocenters. The van der Waals surface area contributed by atoms with Gasteiger partial charge in [0.05, 0.1) is 6.10 Å². The highest BCUT2D eigenvalue weighted by molar-refractivity contribution is 5.13. The molecule has 0 saturated heterocycles. The summed E-state index contributed by atoms with van der Waals surface area (Å²) in [5.41, 5.74) is 1.58. The van der Waals surface area contributed by atoms with E-state index in [9.17, 15) is 5.11 Å². The summed E-state index contributed by atoms with van der Waals surface area (Å²) in [7, 11) is 0. The first-order valence-corrected chi connectivity index (χ1v) is 6.62. The summed E-state index contributed by atoms with van der Waals surface area (Å²) < 4.78 is 0. The first-order valence-electron chi connectivity index (χ1n) is 6.62. The Hall–Kier alpha value is -0.560. The average molecular weight is 220 g/mol. The number of aliphatic hydroxyl groups excluding tert-OH is 1. The molecule has 2 rings (SSSR count). The van der Waals surface area contributed by atoms with Crippen LogP contribution < -0.4 is 0 Å². The fraction of sp³-hybridized carbons (Fsp3) is 0.733. The molecule has 0 amide bonds. The van der Waals surface area contributed by atoms with E-state index in [1.807, 2.05) is 0 Å². The second kappa shape index (κ2) is 4.75. The van der Waals surface area contributed by atoms with Gasteiger partial charge in [-0.2, -0.15) is 0 Å². The summed E-state index contributed by atoms with van der Waals surface area (Å²) >= 11 is 0. The standard InChI is InChI=1S/C15H24O/c1-12(2)10-13-6-5-9-15(11-13)8-4-3-7-14(15)16/h5-6,10,13-14,16H,3-4,7-9,11H2,1-2H3. The van der Waals surface area contributed by atoms with Crippen LogP contribution in [0.3, 0.4) is 0 Å². The third-order valence-electron chi connectivity index (χ3n) is 4.21. The van der Waals surface area contributed by atoms with Gasteiger partial charge in [-0.1, -0.05) is 36.6 Å². The fourth-order valence-electron chi connectivity index (χ4n) is 3.40. The van der Waals surface area contributed by atoms with Crippen molar-refractivity contribution in [1.82, 2.24) is 0 Å². The van der Waals surface area contributed by atoms with Gasteiger partial charge in [-0.05, 0) is 45.4 Å². The monoisotopic (exact) mass is 220 g/mol. The maximum Gasteiger partial charge on any atom is 0.0599 e. The van der Waals surface area contributed by atoms with E-state index in [4.69, 9.17) is 0 Å². The van der Waals surface area contributed by atoms with Gasteiger partial charge in [-0.3, -0.25) is 0 Å². The zero-order valence-corrected chi connectivity index (χ0v) is 10.6. The van der Waals surface area contributed by atoms with Gasteiger partial charge < -0.3 is 5.11 Å². The summed E-state index contributed by atoms with van der Waals surface area (Å²) in [6.45, 7) is 4.32. The van der Waals surface area contributed by atoms with Crippen molar-refractivity contribution < 1.29 is 5.11 Å². The van der Waals surface area contributed by atoms with E-state index in [1.165, 1.54) is 24.8 Å². The van der Waals surface area contributed by atoms with Crippen LogP contribution in [0, 0.1) is 11.3 Å². The predicted molar refractivity (Wildman–Crippen MR) is 68.2 cm³/mol. The topological polar surface area (TPSA) is 20.2 Å². The van der Waals surface area contributed by atoms with Crippen molar-refractivity contribution in [2.75, 3.05) is 0 Å². The molecule has 2 aliphatic carbocycles. The molecule has 1 spiro atoms. The summed E-state index contributed by atoms with van der Waals surface area (Å²) in [5, 5.41) is 10.3. The molecule has 0 aliphatic heterocycles. The summed E-state index contributed by atoms with van der Waals surface area (Å²) in [6, 6.07) is 0. The molecule has 0 radical (unpaired) electrons. The Labute approximate surface area is 99.3 Å². The lowest BCUT2D eigenvalue weighted by Crippen LogP contribution is -2.40. The molecule has 0 bridgehead atoms. The molecule has 1 N–H and O–H groups in total. The lowest BCUT2D eigenvalue weighted by molar-refractivity contribution is -0.0234. The molecule has 1 nitrogen and oxygen atoms in total. The van der Waals surface area contributed by atoms with Crippen LogP contribution in [0.1, 0.15) is 52.4 Å². The van der Waals surface area contributed by atoms with E-state index in [0.717, 1.165) is 19.3 Å². The van der Waals surface area contributed by atoms with Crippen LogP contribution in [0.2, 0.25) is 0 Å². The van der Waals surface area contributed by atoms with Gasteiger partial charge in [-0.15, -0.1) is 0 Å². The third kappa shape index (κ3) is 2.40. The van der Waals surface area contributed by atoms with Gasteiger partial charge in [0.25, 0.3) is 0 Å². The van der Waals surface area contributed by atoms with Gasteiger partial charge in [0.1, 0.15) is 0 Å². The summed E-state index contributed by atoms with van der Waals surface area (Å²) in [6.07, 6.45) is 13.9. The Bertz CT molecular complexity index is 299. The van der Waals surface area contributed by atoms with Crippen molar-refractivity contribution in [3.8, 4) is 0 Å². The maximum atomic E-state index is 10.3. The van der Waals surface area contributed by atoms with E-state index in [2.05, 4.69) is 32.1 Å². The second-order valence-electron chi connectivity index (χ2n) is 5.87. The Morgan fingerprint density at radius 3 is 2.88 bits per heavy atom. The lowest BCUT2D eigenvalue weighted by atomic mass is 9.63. The van der Waals surface area contributed by atoms with Crippen molar-refractivity contribution in [1.29, 1.82) is 0 Å². The van der Waals surface area contributed by atoms with E-state index < -0.39 is 0 Å². The van der Waals surface area contributed by atoms with Crippen LogP contribution in [-0.2, 0) is 0 Å². The first kappa shape index (κ1) is 11.9. The fourth-order valence-corrected chi connectivity index (χ4v) is 3.40. The molecule has 3 atom stereocenters. The van der Waals surface area contributed by atoms with E-state index in [0.29, 0.717) is 5.92 Å². The quantitative estimate of drug-likeness (QED) is 0.666. The van der Waals surface area contributed by atoms with Gasteiger partial charge in [0, 0.05) is 5.41 Å². The third-order valence-corrected chi connectivity index (χ3v) is 4.21. The van der Waals surface area contributed by atoms with Crippen LogP contribution in [0.25, 0.3) is 0 Å². The van der Waals surface area contributed by atoms with Gasteiger partial charge in [-0.25, -0.2) is 0 Å². The number of hydrogen-bond acceptors (Lipinski definition) is 1. The van der Waals surface area contributed by atoms with E-state index >= 15 is 0 Å². The molecule has 0 aromatic carbocycles. The average Bonchev–Trinajstić information content (AvgIpc) is 2.22. The molecular weight excluding hydrogens is 196 g/mol. The molecule has 1 fully saturated rings. The molecule has 16 heavy (non-hydrogen) atoms. The van der Waals surface area contributed by atoms with Gasteiger partial charge in [0.15, 0.2) is 0 Å². The highest BCUT2D eigenvalue weighted by Crippen LogP contribution is 2.47. The Balaban J connectivity index is 2.12. The number of allylic oxidation sites excluding steroid dienone is 4. The maximum absolute atomic E-state index is 10.3. The van der Waals surface area contributed by atoms with Crippen LogP contribution in [0.4, 0.5) is 0 Å². The molecule has 0 aromatic rings. The highest BCUT2D eigenvalue weighted by Gasteiger charge is 2.41. The van der Waals surface area contributed by atoms with Crippen LogP contribution >= 0.6 is 0 Å². The minimum atomic E-state index is -0.0701. The molecule has 1 heteroatoms. The first-order chi connectivity index (χ1) is 7.62. The van der Waals surface area contributed by atoms with Gasteiger partial charge >= 0.3 is 0 Å². The Morgan fingerprint density at radius 2 is 2.19 bits per heavy atom. The molecule has 1 saturated carbocycles. The molecular formula is C15H24O. The number of rotatable bonds is 1. The largest absolute Gasteiger partial charge is 0.393 e. The normalized spacial score (nSPS) is 38.7. The second-order valence-corrected chi connectivity index (χ2v) is 5.87. The molecule has 0 heterocycles. The van der Waals surface area contributed by atoms with Crippen LogP contribution in [-0.4, -0.2) is 11.2 Å². The zero-order chi connectivity index (χ0) is 11.6. The Kier molecular flexibility index (Phi) is 3.53. The highest BCUT2D eigenvalue weighted by atomic mass is 16.3. The van der Waals surface area contributed by atoms with Crippen LogP contribution in [0.5, 0.6) is 0 Å². The van der Waals surface area contributed by atoms with Crippen molar-refractivity contribution in [2.24, 2.45) is 11.3 Å². The molecule has 90 valence electrons. The Morgan fingerprint density at radius 1 is 1.38 bits per heavy atom. The van der Waals surface area contributed by atoms with Crippen molar-refractivity contribution in [3.63, 3.8) is 0 Å². The van der Waals surface area contributed by atoms with Crippen molar-refractivity contribution in [2.45, 2.75) is 58.5 Å². The van der Waals surface area contributed by atoms with Crippen LogP contribution in [0.15, 0.2) is 23.8 Å². The molecule has 0 aromatic heterocycles. The minimum Gasteiger partial charge on any atom is -0.393 e. The number of hydrogen-bond donors (Lipinski definition) is 1. The van der Waals surface area contributed by atoms with E-state index in [1.54, 1.807) is 0 Å². The SMILES string of the molecule is CC(C)=CC1C=CCC2(CCCCC2O)C1. The number of aliphatic hydroxyl groups is 1. The minimum absolute atomic E-state index is 0.0701. The zero-order valence-electron chi connectivity index (χ0n) is 10.6. The van der Waals surface area contributed by atoms with Crippen molar-refractivity contribution >= 4 is 0 Å². The summed E-state index contributed by atoms with van der Waals surface area (Å²) in [4.78, 5) is 0. The smallest absolute Gasteiger partial charge is 0.0599 e.